The van der Waals surface area contributed by atoms with E-state index >= 15 is 0 Å². The van der Waals surface area contributed by atoms with Gasteiger partial charge in [-0.3, -0.25) is 4.79 Å². The molecular formula is C12H14N2O2. The second kappa shape index (κ2) is 6.62. The highest BCUT2D eigenvalue weighted by Crippen LogP contribution is 2.09. The van der Waals surface area contributed by atoms with Crippen LogP contribution in [0.4, 0.5) is 5.69 Å². The van der Waals surface area contributed by atoms with Crippen LogP contribution >= 0.6 is 0 Å². The molecule has 84 valence electrons. The molecule has 0 aliphatic heterocycles. The molecule has 0 atom stereocenters. The lowest BCUT2D eigenvalue weighted by atomic mass is 10.2. The summed E-state index contributed by atoms with van der Waals surface area (Å²) in [5, 5.41) is 2.68. The van der Waals surface area contributed by atoms with Crippen LogP contribution in [0.25, 0.3) is 0 Å². The molecule has 4 nitrogen and oxygen atoms in total. The van der Waals surface area contributed by atoms with Crippen LogP contribution in [0.3, 0.4) is 0 Å². The van der Waals surface area contributed by atoms with Crippen LogP contribution in [0.1, 0.15) is 5.56 Å². The molecule has 0 saturated carbocycles. The molecule has 0 aliphatic carbocycles. The third-order valence-electron chi connectivity index (χ3n) is 1.81. The van der Waals surface area contributed by atoms with Crippen molar-refractivity contribution in [3.63, 3.8) is 0 Å². The fraction of sp³-hybridized carbons (Fsp3) is 0.250. The summed E-state index contributed by atoms with van der Waals surface area (Å²) in [4.78, 5) is 11.4. The summed E-state index contributed by atoms with van der Waals surface area (Å²) in [6, 6.07) is 7.06. The maximum atomic E-state index is 11.4. The first kappa shape index (κ1) is 12.2. The van der Waals surface area contributed by atoms with E-state index in [1.165, 1.54) is 0 Å². The molecule has 0 spiro atoms. The fourth-order valence-corrected chi connectivity index (χ4v) is 1.13. The molecule has 1 aromatic carbocycles. The molecule has 0 aromatic heterocycles. The maximum absolute atomic E-state index is 11.4. The van der Waals surface area contributed by atoms with Gasteiger partial charge in [-0.2, -0.15) is 0 Å². The van der Waals surface area contributed by atoms with Gasteiger partial charge in [-0.05, 0) is 18.2 Å². The van der Waals surface area contributed by atoms with E-state index in [0.29, 0.717) is 18.8 Å². The van der Waals surface area contributed by atoms with E-state index in [4.69, 9.17) is 16.9 Å². The number of ether oxygens (including phenoxy) is 1. The van der Waals surface area contributed by atoms with Crippen LogP contribution in [0.2, 0.25) is 0 Å². The summed E-state index contributed by atoms with van der Waals surface area (Å²) in [5.74, 6) is 2.27. The number of nitrogens with one attached hydrogen (secondary N) is 1. The number of nitrogens with two attached hydrogens (primary N) is 1. The Labute approximate surface area is 94.8 Å². The van der Waals surface area contributed by atoms with E-state index in [1.54, 1.807) is 24.3 Å². The molecular weight excluding hydrogens is 204 g/mol. The number of carbonyl (C=O) groups is 1. The van der Waals surface area contributed by atoms with Crippen molar-refractivity contribution in [1.29, 1.82) is 0 Å². The molecule has 4 heteroatoms. The van der Waals surface area contributed by atoms with Gasteiger partial charge in [0.05, 0.1) is 6.61 Å². The highest BCUT2D eigenvalue weighted by Gasteiger charge is 2.02. The van der Waals surface area contributed by atoms with E-state index in [2.05, 4.69) is 11.2 Å². The first-order valence-corrected chi connectivity index (χ1v) is 4.90. The first-order chi connectivity index (χ1) is 7.76. The molecule has 1 aromatic rings. The Morgan fingerprint density at radius 2 is 2.38 bits per heavy atom. The lowest BCUT2D eigenvalue weighted by molar-refractivity contribution is -0.120. The van der Waals surface area contributed by atoms with Crippen molar-refractivity contribution in [2.24, 2.45) is 5.73 Å². The summed E-state index contributed by atoms with van der Waals surface area (Å²) in [6.45, 7) is 0.773. The van der Waals surface area contributed by atoms with Gasteiger partial charge in [0.25, 0.3) is 0 Å². The zero-order valence-corrected chi connectivity index (χ0v) is 8.90. The van der Waals surface area contributed by atoms with Gasteiger partial charge in [0.1, 0.15) is 6.61 Å². The summed E-state index contributed by atoms with van der Waals surface area (Å²) >= 11 is 0. The monoisotopic (exact) mass is 218 g/mol. The lowest BCUT2D eigenvalue weighted by Gasteiger charge is -2.05. The van der Waals surface area contributed by atoms with Crippen molar-refractivity contribution in [3.8, 4) is 12.3 Å². The first-order valence-electron chi connectivity index (χ1n) is 4.90. The molecule has 0 heterocycles. The second-order valence-corrected chi connectivity index (χ2v) is 3.11. The second-order valence-electron chi connectivity index (χ2n) is 3.11. The van der Waals surface area contributed by atoms with Crippen LogP contribution in [0.15, 0.2) is 24.3 Å². The highest BCUT2D eigenvalue weighted by molar-refractivity contribution is 5.91. The van der Waals surface area contributed by atoms with Crippen molar-refractivity contribution in [3.05, 3.63) is 29.8 Å². The van der Waals surface area contributed by atoms with Gasteiger partial charge in [0.2, 0.25) is 5.91 Å². The third kappa shape index (κ3) is 4.13. The Morgan fingerprint density at radius 1 is 1.56 bits per heavy atom. The number of benzene rings is 1. The van der Waals surface area contributed by atoms with Crippen LogP contribution in [-0.4, -0.2) is 25.7 Å². The zero-order chi connectivity index (χ0) is 11.8. The Morgan fingerprint density at radius 3 is 3.06 bits per heavy atom. The fourth-order valence-electron chi connectivity index (χ4n) is 1.13. The van der Waals surface area contributed by atoms with Crippen LogP contribution in [0, 0.1) is 12.3 Å². The third-order valence-corrected chi connectivity index (χ3v) is 1.81. The van der Waals surface area contributed by atoms with Crippen molar-refractivity contribution in [2.45, 2.75) is 0 Å². The summed E-state index contributed by atoms with van der Waals surface area (Å²) in [6.07, 6.45) is 5.25. The topological polar surface area (TPSA) is 64.3 Å². The van der Waals surface area contributed by atoms with E-state index in [-0.39, 0.29) is 12.5 Å². The Bertz CT molecular complexity index is 396. The lowest BCUT2D eigenvalue weighted by Crippen LogP contribution is -2.20. The summed E-state index contributed by atoms with van der Waals surface area (Å²) < 4.78 is 5.00. The van der Waals surface area contributed by atoms with Gasteiger partial charge in [0, 0.05) is 17.8 Å². The molecule has 0 aliphatic rings. The molecule has 0 saturated heterocycles. The Kier molecular flexibility index (Phi) is 5.06. The minimum Gasteiger partial charge on any atom is -0.370 e. The maximum Gasteiger partial charge on any atom is 0.250 e. The Hall–Kier alpha value is -1.83. The summed E-state index contributed by atoms with van der Waals surface area (Å²) in [7, 11) is 0. The van der Waals surface area contributed by atoms with Crippen LogP contribution in [0.5, 0.6) is 0 Å². The van der Waals surface area contributed by atoms with Crippen LogP contribution in [-0.2, 0) is 9.53 Å². The van der Waals surface area contributed by atoms with Crippen LogP contribution < -0.4 is 11.1 Å². The van der Waals surface area contributed by atoms with Crippen molar-refractivity contribution in [2.75, 3.05) is 25.1 Å². The minimum atomic E-state index is -0.220. The molecule has 0 radical (unpaired) electrons. The predicted molar refractivity (Wildman–Crippen MR) is 62.9 cm³/mol. The van der Waals surface area contributed by atoms with E-state index < -0.39 is 0 Å². The number of hydrogen-bond acceptors (Lipinski definition) is 3. The quantitative estimate of drug-likeness (QED) is 0.561. The highest BCUT2D eigenvalue weighted by atomic mass is 16.5. The Balaban J connectivity index is 2.47. The number of hydrogen-bond donors (Lipinski definition) is 2. The van der Waals surface area contributed by atoms with Crippen molar-refractivity contribution in [1.82, 2.24) is 0 Å². The number of carbonyl (C=O) groups excluding carboxylic acids is 1. The molecule has 0 unspecified atom stereocenters. The van der Waals surface area contributed by atoms with Gasteiger partial charge in [-0.15, -0.1) is 6.42 Å². The van der Waals surface area contributed by atoms with Crippen molar-refractivity contribution >= 4 is 11.6 Å². The van der Waals surface area contributed by atoms with E-state index in [1.807, 2.05) is 0 Å². The average molecular weight is 218 g/mol. The smallest absolute Gasteiger partial charge is 0.250 e. The average Bonchev–Trinajstić information content (AvgIpc) is 2.29. The largest absolute Gasteiger partial charge is 0.370 e. The zero-order valence-electron chi connectivity index (χ0n) is 8.90. The molecule has 0 bridgehead atoms. The van der Waals surface area contributed by atoms with Gasteiger partial charge < -0.3 is 15.8 Å². The number of anilines is 1. The number of terminal acetylenes is 1. The number of rotatable bonds is 5. The van der Waals surface area contributed by atoms with E-state index in [0.717, 1.165) is 5.56 Å². The van der Waals surface area contributed by atoms with E-state index in [9.17, 15) is 4.79 Å². The predicted octanol–water partition coefficient (Wildman–Crippen LogP) is 0.582. The van der Waals surface area contributed by atoms with Gasteiger partial charge >= 0.3 is 0 Å². The normalized spacial score (nSPS) is 9.50. The molecule has 0 fully saturated rings. The minimum absolute atomic E-state index is 0.00250. The SMILES string of the molecule is C#Cc1cccc(NC(=O)COCCN)c1. The summed E-state index contributed by atoms with van der Waals surface area (Å²) in [5.41, 5.74) is 6.61. The van der Waals surface area contributed by atoms with Gasteiger partial charge in [-0.25, -0.2) is 0 Å². The number of amides is 1. The molecule has 16 heavy (non-hydrogen) atoms. The molecule has 3 N–H and O–H groups in total. The molecule has 1 amide bonds. The van der Waals surface area contributed by atoms with Gasteiger partial charge in [-0.1, -0.05) is 12.0 Å². The molecule has 1 rings (SSSR count). The van der Waals surface area contributed by atoms with Crippen molar-refractivity contribution < 1.29 is 9.53 Å². The van der Waals surface area contributed by atoms with Gasteiger partial charge in [0.15, 0.2) is 0 Å². The standard InChI is InChI=1S/C12H14N2O2/c1-2-10-4-3-5-11(8-10)14-12(15)9-16-7-6-13/h1,3-5,8H,6-7,9,13H2,(H,14,15).